The number of nitrogens with two attached hydrogens (primary N) is 1. The lowest BCUT2D eigenvalue weighted by atomic mass is 10.4. The van der Waals surface area contributed by atoms with E-state index in [-0.39, 0.29) is 0 Å². The molecule has 0 saturated carbocycles. The van der Waals surface area contributed by atoms with Crippen LogP contribution >= 0.6 is 11.3 Å². The lowest BCUT2D eigenvalue weighted by Gasteiger charge is -2.03. The SMILES string of the molecule is NCc1cnc(OCc2cccs2)cn1. The minimum Gasteiger partial charge on any atom is -0.471 e. The van der Waals surface area contributed by atoms with Crippen molar-refractivity contribution in [3.05, 3.63) is 40.5 Å². The zero-order valence-electron chi connectivity index (χ0n) is 8.09. The molecule has 0 aliphatic rings. The molecule has 0 bridgehead atoms. The van der Waals surface area contributed by atoms with Gasteiger partial charge in [0.1, 0.15) is 6.61 Å². The summed E-state index contributed by atoms with van der Waals surface area (Å²) in [7, 11) is 0. The number of ether oxygens (including phenoxy) is 1. The summed E-state index contributed by atoms with van der Waals surface area (Å²) in [5.41, 5.74) is 6.17. The van der Waals surface area contributed by atoms with E-state index < -0.39 is 0 Å². The standard InChI is InChI=1S/C10H11N3OS/c11-4-8-5-13-10(6-12-8)14-7-9-2-1-3-15-9/h1-3,5-6H,4,7,11H2. The Kier molecular flexibility index (Phi) is 3.26. The minimum absolute atomic E-state index is 0.401. The summed E-state index contributed by atoms with van der Waals surface area (Å²) in [6.07, 6.45) is 3.22. The fourth-order valence-electron chi connectivity index (χ4n) is 1.06. The number of nitrogens with zero attached hydrogens (tertiary/aromatic N) is 2. The summed E-state index contributed by atoms with van der Waals surface area (Å²) in [6.45, 7) is 0.937. The minimum atomic E-state index is 0.401. The van der Waals surface area contributed by atoms with Crippen molar-refractivity contribution in [2.45, 2.75) is 13.2 Å². The van der Waals surface area contributed by atoms with Gasteiger partial charge < -0.3 is 10.5 Å². The fourth-order valence-corrected chi connectivity index (χ4v) is 1.68. The van der Waals surface area contributed by atoms with Crippen LogP contribution in [-0.4, -0.2) is 9.97 Å². The van der Waals surface area contributed by atoms with E-state index in [1.807, 2.05) is 17.5 Å². The van der Waals surface area contributed by atoms with Crippen molar-refractivity contribution in [2.75, 3.05) is 0 Å². The average molecular weight is 221 g/mol. The quantitative estimate of drug-likeness (QED) is 0.851. The van der Waals surface area contributed by atoms with Crippen molar-refractivity contribution < 1.29 is 4.74 Å². The topological polar surface area (TPSA) is 61.0 Å². The van der Waals surface area contributed by atoms with Crippen LogP contribution in [0, 0.1) is 0 Å². The average Bonchev–Trinajstić information content (AvgIpc) is 2.80. The van der Waals surface area contributed by atoms with Crippen LogP contribution in [0.5, 0.6) is 5.88 Å². The molecule has 0 spiro atoms. The van der Waals surface area contributed by atoms with Gasteiger partial charge in [-0.1, -0.05) is 6.07 Å². The summed E-state index contributed by atoms with van der Waals surface area (Å²) in [4.78, 5) is 9.34. The molecular weight excluding hydrogens is 210 g/mol. The number of thiophene rings is 1. The molecule has 5 heteroatoms. The van der Waals surface area contributed by atoms with Gasteiger partial charge in [0.15, 0.2) is 0 Å². The molecule has 4 nitrogen and oxygen atoms in total. The number of aromatic nitrogens is 2. The Morgan fingerprint density at radius 2 is 2.27 bits per heavy atom. The second-order valence-corrected chi connectivity index (χ2v) is 3.95. The third kappa shape index (κ3) is 2.74. The molecule has 2 aromatic rings. The molecule has 2 N–H and O–H groups in total. The molecule has 0 atom stereocenters. The van der Waals surface area contributed by atoms with Gasteiger partial charge in [0, 0.05) is 11.4 Å². The Balaban J connectivity index is 1.93. The van der Waals surface area contributed by atoms with Gasteiger partial charge in [-0.3, -0.25) is 4.98 Å². The summed E-state index contributed by atoms with van der Waals surface area (Å²) >= 11 is 1.66. The molecule has 0 unspecified atom stereocenters. The predicted octanol–water partition coefficient (Wildman–Crippen LogP) is 1.58. The molecule has 0 aliphatic carbocycles. The highest BCUT2D eigenvalue weighted by Crippen LogP contribution is 2.12. The third-order valence-electron chi connectivity index (χ3n) is 1.83. The Labute approximate surface area is 91.8 Å². The Hall–Kier alpha value is -1.46. The van der Waals surface area contributed by atoms with Gasteiger partial charge in [0.25, 0.3) is 0 Å². The van der Waals surface area contributed by atoms with Gasteiger partial charge in [-0.2, -0.15) is 0 Å². The molecule has 0 saturated heterocycles. The maximum atomic E-state index is 5.45. The van der Waals surface area contributed by atoms with E-state index in [0.717, 1.165) is 5.69 Å². The van der Waals surface area contributed by atoms with Crippen LogP contribution < -0.4 is 10.5 Å². The monoisotopic (exact) mass is 221 g/mol. The van der Waals surface area contributed by atoms with Crippen LogP contribution in [0.3, 0.4) is 0 Å². The van der Waals surface area contributed by atoms with Crippen molar-refractivity contribution in [3.63, 3.8) is 0 Å². The molecule has 78 valence electrons. The second-order valence-electron chi connectivity index (χ2n) is 2.92. The Bertz CT molecular complexity index is 399. The molecule has 0 radical (unpaired) electrons. The molecule has 2 aromatic heterocycles. The van der Waals surface area contributed by atoms with Crippen molar-refractivity contribution in [1.29, 1.82) is 0 Å². The van der Waals surface area contributed by atoms with Crippen LogP contribution in [0.4, 0.5) is 0 Å². The lowest BCUT2D eigenvalue weighted by molar-refractivity contribution is 0.295. The first-order valence-electron chi connectivity index (χ1n) is 4.54. The van der Waals surface area contributed by atoms with Gasteiger partial charge in [-0.15, -0.1) is 11.3 Å². The van der Waals surface area contributed by atoms with E-state index >= 15 is 0 Å². The zero-order chi connectivity index (χ0) is 10.5. The highest BCUT2D eigenvalue weighted by Gasteiger charge is 1.98. The zero-order valence-corrected chi connectivity index (χ0v) is 8.91. The van der Waals surface area contributed by atoms with Crippen molar-refractivity contribution in [1.82, 2.24) is 9.97 Å². The lowest BCUT2D eigenvalue weighted by Crippen LogP contribution is -2.02. The van der Waals surface area contributed by atoms with E-state index in [1.165, 1.54) is 4.88 Å². The Morgan fingerprint density at radius 1 is 1.33 bits per heavy atom. The third-order valence-corrected chi connectivity index (χ3v) is 2.68. The van der Waals surface area contributed by atoms with E-state index in [0.29, 0.717) is 19.0 Å². The number of hydrogen-bond donors (Lipinski definition) is 1. The van der Waals surface area contributed by atoms with Crippen LogP contribution in [0.25, 0.3) is 0 Å². The molecule has 0 amide bonds. The summed E-state index contributed by atoms with van der Waals surface area (Å²) in [5.74, 6) is 0.528. The van der Waals surface area contributed by atoms with Crippen LogP contribution in [0.15, 0.2) is 29.9 Å². The van der Waals surface area contributed by atoms with Gasteiger partial charge in [-0.05, 0) is 11.4 Å². The van der Waals surface area contributed by atoms with E-state index in [9.17, 15) is 0 Å². The highest BCUT2D eigenvalue weighted by molar-refractivity contribution is 7.09. The highest BCUT2D eigenvalue weighted by atomic mass is 32.1. The van der Waals surface area contributed by atoms with Crippen LogP contribution in [0.2, 0.25) is 0 Å². The summed E-state index contributed by atoms with van der Waals surface area (Å²) in [5, 5.41) is 2.02. The van der Waals surface area contributed by atoms with Crippen LogP contribution in [0.1, 0.15) is 10.6 Å². The largest absolute Gasteiger partial charge is 0.471 e. The van der Waals surface area contributed by atoms with E-state index in [4.69, 9.17) is 10.5 Å². The summed E-state index contributed by atoms with van der Waals surface area (Å²) in [6, 6.07) is 4.01. The second kappa shape index (κ2) is 4.86. The maximum absolute atomic E-state index is 5.45. The molecular formula is C10H11N3OS. The fraction of sp³-hybridized carbons (Fsp3) is 0.200. The van der Waals surface area contributed by atoms with Crippen LogP contribution in [-0.2, 0) is 13.2 Å². The van der Waals surface area contributed by atoms with Gasteiger partial charge in [-0.25, -0.2) is 4.98 Å². The van der Waals surface area contributed by atoms with E-state index in [1.54, 1.807) is 23.7 Å². The normalized spacial score (nSPS) is 10.2. The summed E-state index contributed by atoms with van der Waals surface area (Å²) < 4.78 is 5.45. The van der Waals surface area contributed by atoms with E-state index in [2.05, 4.69) is 9.97 Å². The smallest absolute Gasteiger partial charge is 0.232 e. The molecule has 0 aliphatic heterocycles. The Morgan fingerprint density at radius 3 is 2.87 bits per heavy atom. The molecule has 15 heavy (non-hydrogen) atoms. The van der Waals surface area contributed by atoms with Gasteiger partial charge >= 0.3 is 0 Å². The molecule has 2 rings (SSSR count). The molecule has 0 fully saturated rings. The molecule has 0 aromatic carbocycles. The first kappa shape index (κ1) is 10.1. The first-order chi connectivity index (χ1) is 7.38. The van der Waals surface area contributed by atoms with Crippen molar-refractivity contribution >= 4 is 11.3 Å². The van der Waals surface area contributed by atoms with Crippen molar-refractivity contribution in [2.24, 2.45) is 5.73 Å². The first-order valence-corrected chi connectivity index (χ1v) is 5.42. The van der Waals surface area contributed by atoms with Gasteiger partial charge in [0.05, 0.1) is 18.1 Å². The number of rotatable bonds is 4. The van der Waals surface area contributed by atoms with Gasteiger partial charge in [0.2, 0.25) is 5.88 Å². The predicted molar refractivity (Wildman–Crippen MR) is 58.6 cm³/mol. The molecule has 2 heterocycles. The maximum Gasteiger partial charge on any atom is 0.232 e. The van der Waals surface area contributed by atoms with Crippen molar-refractivity contribution in [3.8, 4) is 5.88 Å². The number of hydrogen-bond acceptors (Lipinski definition) is 5.